The van der Waals surface area contributed by atoms with Crippen molar-refractivity contribution < 1.29 is 26.3 Å². The molecule has 0 spiro atoms. The third kappa shape index (κ3) is 5.44. The molecule has 0 atom stereocenters. The van der Waals surface area contributed by atoms with E-state index in [0.717, 1.165) is 12.1 Å². The Morgan fingerprint density at radius 2 is 0.773 bits per heavy atom. The van der Waals surface area contributed by atoms with Gasteiger partial charge in [0.05, 0.1) is 79.9 Å². The number of hydrogen-bond acceptors (Lipinski definition) is 8. The van der Waals surface area contributed by atoms with E-state index in [-0.39, 0.29) is 0 Å². The van der Waals surface area contributed by atoms with Gasteiger partial charge in [0.15, 0.2) is 0 Å². The van der Waals surface area contributed by atoms with Gasteiger partial charge in [-0.2, -0.15) is 68.4 Å². The van der Waals surface area contributed by atoms with Crippen LogP contribution in [-0.4, -0.2) is 0 Å². The lowest BCUT2D eigenvalue weighted by Crippen LogP contribution is -2.23. The highest BCUT2D eigenvalue weighted by Gasteiger charge is 2.36. The second-order valence-corrected chi connectivity index (χ2v) is 8.44. The van der Waals surface area contributed by atoms with Gasteiger partial charge >= 0.3 is 12.4 Å². The molecule has 0 N–H and O–H groups in total. The molecule has 3 aromatic rings. The molecule has 0 radical (unpaired) electrons. The Hall–Kier alpha value is -7.10. The molecule has 208 valence electrons. The van der Waals surface area contributed by atoms with Crippen molar-refractivity contribution in [3.8, 4) is 48.6 Å². The third-order valence-electron chi connectivity index (χ3n) is 6.14. The van der Waals surface area contributed by atoms with Crippen LogP contribution in [0.1, 0.15) is 55.6 Å². The zero-order valence-electron chi connectivity index (χ0n) is 21.3. The lowest BCUT2D eigenvalue weighted by atomic mass is 9.89. The average molecular weight is 592 g/mol. The predicted molar refractivity (Wildman–Crippen MR) is 133 cm³/mol. The van der Waals surface area contributed by atoms with Crippen molar-refractivity contribution in [1.82, 2.24) is 0 Å². The summed E-state index contributed by atoms with van der Waals surface area (Å²) >= 11 is 0. The normalized spacial score (nSPS) is 12.0. The standard InChI is InChI=1S/C30H6F6N8/c31-29(32,33)27-5-15(7-37)21(3-17(27)9-39)23(11-41)19-1-2-20(26(14-44)25(19)13-43)24(12-42)22-4-18(10-40)28(30(34,35)36)6-16(22)8-38/h1-6H/b23-19-,24-20+. The fourth-order valence-corrected chi connectivity index (χ4v) is 4.23. The van der Waals surface area contributed by atoms with E-state index in [0.29, 0.717) is 24.3 Å². The summed E-state index contributed by atoms with van der Waals surface area (Å²) in [5, 5.41) is 76.7. The van der Waals surface area contributed by atoms with Crippen molar-refractivity contribution >= 4 is 11.1 Å². The van der Waals surface area contributed by atoms with Crippen LogP contribution in [0.15, 0.2) is 36.4 Å². The summed E-state index contributed by atoms with van der Waals surface area (Å²) in [6.45, 7) is 0. The number of benzene rings is 3. The first-order valence-electron chi connectivity index (χ1n) is 11.4. The maximum atomic E-state index is 13.4. The maximum Gasteiger partial charge on any atom is 0.417 e. The third-order valence-corrected chi connectivity index (χ3v) is 6.14. The molecular weight excluding hydrogens is 586 g/mol. The molecule has 0 aliphatic rings. The van der Waals surface area contributed by atoms with E-state index in [1.54, 1.807) is 24.3 Å². The average Bonchev–Trinajstić information content (AvgIpc) is 3.00. The minimum Gasteiger partial charge on any atom is -0.192 e. The molecule has 0 saturated heterocycles. The molecule has 0 aliphatic carbocycles. The van der Waals surface area contributed by atoms with E-state index < -0.39 is 89.6 Å². The highest BCUT2D eigenvalue weighted by Crippen LogP contribution is 2.36. The largest absolute Gasteiger partial charge is 0.417 e. The van der Waals surface area contributed by atoms with E-state index in [2.05, 4.69) is 0 Å². The first kappa shape index (κ1) is 31.4. The van der Waals surface area contributed by atoms with Crippen LogP contribution in [0.3, 0.4) is 0 Å². The van der Waals surface area contributed by atoms with E-state index in [1.165, 1.54) is 24.3 Å². The summed E-state index contributed by atoms with van der Waals surface area (Å²) in [6.07, 6.45) is -10.1. The van der Waals surface area contributed by atoms with Crippen LogP contribution in [0.5, 0.6) is 0 Å². The molecule has 0 amide bonds. The molecule has 0 aliphatic heterocycles. The van der Waals surface area contributed by atoms with Crippen molar-refractivity contribution in [2.45, 2.75) is 12.4 Å². The molecular formula is C30H6F6N8. The Kier molecular flexibility index (Phi) is 8.42. The summed E-state index contributed by atoms with van der Waals surface area (Å²) in [7, 11) is 0. The second kappa shape index (κ2) is 11.8. The van der Waals surface area contributed by atoms with Crippen molar-refractivity contribution in [2.24, 2.45) is 0 Å². The Labute approximate surface area is 243 Å². The van der Waals surface area contributed by atoms with Gasteiger partial charge in [0.1, 0.15) is 24.3 Å². The van der Waals surface area contributed by atoms with Crippen LogP contribution < -0.4 is 10.4 Å². The second-order valence-electron chi connectivity index (χ2n) is 8.44. The zero-order chi connectivity index (χ0) is 33.0. The van der Waals surface area contributed by atoms with Crippen LogP contribution in [-0.2, 0) is 12.4 Å². The minimum absolute atomic E-state index is 0.346. The molecule has 14 heteroatoms. The number of halogens is 6. The van der Waals surface area contributed by atoms with Crippen LogP contribution in [0, 0.1) is 90.6 Å². The molecule has 0 heterocycles. The van der Waals surface area contributed by atoms with Crippen LogP contribution >= 0.6 is 0 Å². The number of nitrogens with zero attached hydrogens (tertiary/aromatic N) is 8. The van der Waals surface area contributed by atoms with Gasteiger partial charge in [-0.3, -0.25) is 0 Å². The summed E-state index contributed by atoms with van der Waals surface area (Å²) in [4.78, 5) is 0. The van der Waals surface area contributed by atoms with Gasteiger partial charge in [-0.25, -0.2) is 0 Å². The summed E-state index contributed by atoms with van der Waals surface area (Å²) in [6, 6.07) is 16.2. The van der Waals surface area contributed by atoms with Crippen LogP contribution in [0.25, 0.3) is 11.1 Å². The molecule has 3 aromatic carbocycles. The molecule has 0 fully saturated rings. The molecule has 0 bridgehead atoms. The van der Waals surface area contributed by atoms with Gasteiger partial charge in [-0.1, -0.05) is 12.1 Å². The Morgan fingerprint density at radius 1 is 0.455 bits per heavy atom. The maximum absolute atomic E-state index is 13.4. The van der Waals surface area contributed by atoms with Gasteiger partial charge in [0, 0.05) is 21.6 Å². The van der Waals surface area contributed by atoms with E-state index in [9.17, 15) is 68.4 Å². The molecule has 44 heavy (non-hydrogen) atoms. The lowest BCUT2D eigenvalue weighted by Gasteiger charge is -2.13. The molecule has 8 nitrogen and oxygen atoms in total. The van der Waals surface area contributed by atoms with Gasteiger partial charge in [0.2, 0.25) is 0 Å². The lowest BCUT2D eigenvalue weighted by molar-refractivity contribution is -0.138. The Morgan fingerprint density at radius 3 is 1.00 bits per heavy atom. The van der Waals surface area contributed by atoms with E-state index >= 15 is 0 Å². The van der Waals surface area contributed by atoms with E-state index in [1.807, 2.05) is 0 Å². The predicted octanol–water partition coefficient (Wildman–Crippen LogP) is 4.40. The first-order valence-corrected chi connectivity index (χ1v) is 11.4. The first-order chi connectivity index (χ1) is 20.7. The molecule has 0 unspecified atom stereocenters. The Bertz CT molecular complexity index is 2080. The SMILES string of the molecule is N#C/C(c1cc(C#N)c(C(F)(F)F)cc1C#N)=c1/cc/c(=C(\C#N)c2cc(C#N)c(C(F)(F)F)cc2C#N)c(C#N)c1C#N. The van der Waals surface area contributed by atoms with Crippen molar-refractivity contribution in [3.63, 3.8) is 0 Å². The van der Waals surface area contributed by atoms with Gasteiger partial charge in [-0.15, -0.1) is 0 Å². The monoisotopic (exact) mass is 592 g/mol. The molecule has 0 saturated carbocycles. The molecule has 3 rings (SSSR count). The fraction of sp³-hybridized carbons (Fsp3) is 0.0667. The topological polar surface area (TPSA) is 190 Å². The fourth-order valence-electron chi connectivity index (χ4n) is 4.23. The summed E-state index contributed by atoms with van der Waals surface area (Å²) in [5.74, 6) is 0. The van der Waals surface area contributed by atoms with Gasteiger partial charge < -0.3 is 0 Å². The number of hydrogen-bond donors (Lipinski definition) is 0. The van der Waals surface area contributed by atoms with Crippen LogP contribution in [0.2, 0.25) is 0 Å². The van der Waals surface area contributed by atoms with Gasteiger partial charge in [-0.05, 0) is 24.3 Å². The van der Waals surface area contributed by atoms with E-state index in [4.69, 9.17) is 0 Å². The molecule has 0 aromatic heterocycles. The Balaban J connectivity index is 2.60. The summed E-state index contributed by atoms with van der Waals surface area (Å²) < 4.78 is 80.7. The highest BCUT2D eigenvalue weighted by molar-refractivity contribution is 5.85. The summed E-state index contributed by atoms with van der Waals surface area (Å²) in [5.41, 5.74) is -9.60. The smallest absolute Gasteiger partial charge is 0.192 e. The van der Waals surface area contributed by atoms with Crippen molar-refractivity contribution in [1.29, 1.82) is 42.1 Å². The highest BCUT2D eigenvalue weighted by atomic mass is 19.4. The quantitative estimate of drug-likeness (QED) is 0.391. The van der Waals surface area contributed by atoms with Crippen molar-refractivity contribution in [2.75, 3.05) is 0 Å². The minimum atomic E-state index is -5.04. The van der Waals surface area contributed by atoms with Crippen LogP contribution in [0.4, 0.5) is 26.3 Å². The number of nitriles is 8. The number of alkyl halides is 6. The zero-order valence-corrected chi connectivity index (χ0v) is 21.3. The van der Waals surface area contributed by atoms with Gasteiger partial charge in [0.25, 0.3) is 0 Å². The van der Waals surface area contributed by atoms with Crippen molar-refractivity contribution in [3.05, 3.63) is 102 Å². The number of rotatable bonds is 2.